The second-order valence-corrected chi connectivity index (χ2v) is 16.5. The molecule has 45 heavy (non-hydrogen) atoms. The number of esters is 2. The minimum Gasteiger partial charge on any atom is -0.459 e. The average molecular weight is 692 g/mol. The summed E-state index contributed by atoms with van der Waals surface area (Å²) < 4.78 is 12.3. The Bertz CT molecular complexity index is 1050. The van der Waals surface area contributed by atoms with Crippen LogP contribution in [-0.4, -0.2) is 53.6 Å². The smallest absolute Gasteiger partial charge is 0.338 e. The van der Waals surface area contributed by atoms with Gasteiger partial charge in [-0.2, -0.15) is 0 Å². The van der Waals surface area contributed by atoms with E-state index >= 15 is 0 Å². The van der Waals surface area contributed by atoms with Gasteiger partial charge in [-0.3, -0.25) is 4.79 Å². The van der Waals surface area contributed by atoms with E-state index in [1.165, 1.54) is 44.1 Å². The lowest BCUT2D eigenvalue weighted by atomic mass is 9.74. The lowest BCUT2D eigenvalue weighted by Gasteiger charge is -2.46. The highest BCUT2D eigenvalue weighted by molar-refractivity contribution is 9.09. The van der Waals surface area contributed by atoms with Gasteiger partial charge in [-0.1, -0.05) is 87.4 Å². The number of rotatable bonds is 16. The Labute approximate surface area is 283 Å². The molecule has 0 spiro atoms. The van der Waals surface area contributed by atoms with Crippen molar-refractivity contribution in [3.8, 4) is 0 Å². The largest absolute Gasteiger partial charge is 0.459 e. The molecule has 1 aromatic rings. The van der Waals surface area contributed by atoms with E-state index in [0.717, 1.165) is 56.9 Å². The van der Waals surface area contributed by atoms with Crippen molar-refractivity contribution < 1.29 is 19.1 Å². The van der Waals surface area contributed by atoms with Crippen molar-refractivity contribution in [2.45, 2.75) is 161 Å². The van der Waals surface area contributed by atoms with Crippen molar-refractivity contribution in [3.63, 3.8) is 0 Å². The zero-order valence-corrected chi connectivity index (χ0v) is 31.0. The quantitative estimate of drug-likeness (QED) is 0.103. The second kappa shape index (κ2) is 17.6. The van der Waals surface area contributed by atoms with Crippen LogP contribution in [0, 0.1) is 11.8 Å². The first kappa shape index (κ1) is 38.0. The van der Waals surface area contributed by atoms with E-state index in [0.29, 0.717) is 17.9 Å². The third kappa shape index (κ3) is 12.3. The van der Waals surface area contributed by atoms with E-state index in [9.17, 15) is 9.59 Å². The van der Waals surface area contributed by atoms with Gasteiger partial charge in [0.2, 0.25) is 0 Å². The van der Waals surface area contributed by atoms with Gasteiger partial charge in [-0.15, -0.1) is 0 Å². The molecule has 6 nitrogen and oxygen atoms in total. The molecule has 2 saturated heterocycles. The third-order valence-corrected chi connectivity index (χ3v) is 10.9. The predicted octanol–water partition coefficient (Wildman–Crippen LogP) is 8.88. The lowest BCUT2D eigenvalue weighted by Crippen LogP contribution is -2.58. The average Bonchev–Trinajstić information content (AvgIpc) is 2.99. The van der Waals surface area contributed by atoms with Crippen LogP contribution in [0.4, 0.5) is 0 Å². The maximum Gasteiger partial charge on any atom is 0.338 e. The van der Waals surface area contributed by atoms with Crippen LogP contribution >= 0.6 is 15.9 Å². The first-order valence-electron chi connectivity index (χ1n) is 17.8. The topological polar surface area (TPSA) is 76.7 Å². The van der Waals surface area contributed by atoms with E-state index < -0.39 is 11.2 Å². The van der Waals surface area contributed by atoms with Crippen LogP contribution in [0.25, 0.3) is 0 Å². The molecular formula is C38H63BrN2O4. The summed E-state index contributed by atoms with van der Waals surface area (Å²) in [6.45, 7) is 16.6. The minimum absolute atomic E-state index is 0.0422. The molecule has 2 N–H and O–H groups in total. The standard InChI is InChI=1S/C38H63BrN2O4/c1-36(2,3)29-19-17-28(18-20-29)35(43)45-38(6,7)31-22-25-41-33(27-31)32-26-30(21-24-40-32)37(4,5)44-34(42)16-14-12-10-8-9-11-13-15-23-39/h17-20,30-33,40-41H,8-16,21-27H2,1-7H3. The van der Waals surface area contributed by atoms with Gasteiger partial charge < -0.3 is 20.1 Å². The van der Waals surface area contributed by atoms with Crippen molar-refractivity contribution in [2.24, 2.45) is 11.8 Å². The maximum absolute atomic E-state index is 13.2. The zero-order chi connectivity index (χ0) is 33.1. The number of halogens is 1. The van der Waals surface area contributed by atoms with E-state index in [-0.39, 0.29) is 35.4 Å². The highest BCUT2D eigenvalue weighted by atomic mass is 79.9. The summed E-state index contributed by atoms with van der Waals surface area (Å²) in [7, 11) is 0. The zero-order valence-electron chi connectivity index (χ0n) is 29.4. The minimum atomic E-state index is -0.573. The van der Waals surface area contributed by atoms with Gasteiger partial charge in [0.05, 0.1) is 5.56 Å². The summed E-state index contributed by atoms with van der Waals surface area (Å²) in [5.41, 5.74) is 0.787. The molecule has 0 bridgehead atoms. The Hall–Kier alpha value is -1.44. The Kier molecular flexibility index (Phi) is 14.9. The molecule has 0 aromatic heterocycles. The van der Waals surface area contributed by atoms with Crippen LogP contribution in [0.5, 0.6) is 0 Å². The van der Waals surface area contributed by atoms with Gasteiger partial charge in [0.15, 0.2) is 0 Å². The summed E-state index contributed by atoms with van der Waals surface area (Å²) in [4.78, 5) is 26.0. The summed E-state index contributed by atoms with van der Waals surface area (Å²) in [6, 6.07) is 8.41. The van der Waals surface area contributed by atoms with Crippen LogP contribution in [-0.2, 0) is 19.7 Å². The Morgan fingerprint density at radius 1 is 0.711 bits per heavy atom. The number of hydrogen-bond donors (Lipinski definition) is 2. The molecule has 2 heterocycles. The molecule has 4 atom stereocenters. The first-order valence-corrected chi connectivity index (χ1v) is 18.9. The SMILES string of the molecule is CC(C)(C)c1ccc(C(=O)OC(C)(C)C2CCNC(C3CC(C(C)(C)OC(=O)CCCCCCCCCCBr)CCN3)C2)cc1. The molecule has 3 rings (SSSR count). The van der Waals surface area contributed by atoms with E-state index in [2.05, 4.69) is 75.0 Å². The fourth-order valence-electron chi connectivity index (χ4n) is 7.12. The molecule has 0 amide bonds. The molecular weight excluding hydrogens is 628 g/mol. The molecule has 2 aliphatic rings. The molecule has 2 fully saturated rings. The third-order valence-electron chi connectivity index (χ3n) is 10.3. The Morgan fingerprint density at radius 3 is 1.67 bits per heavy atom. The van der Waals surface area contributed by atoms with Gasteiger partial charge in [0.25, 0.3) is 0 Å². The van der Waals surface area contributed by atoms with Crippen molar-refractivity contribution in [1.82, 2.24) is 10.6 Å². The normalized spacial score (nSPS) is 23.0. The number of benzene rings is 1. The van der Waals surface area contributed by atoms with Crippen LogP contribution in [0.1, 0.15) is 148 Å². The van der Waals surface area contributed by atoms with Crippen LogP contribution in [0.3, 0.4) is 0 Å². The maximum atomic E-state index is 13.2. The number of hydrogen-bond acceptors (Lipinski definition) is 6. The fraction of sp³-hybridized carbons (Fsp3) is 0.789. The molecule has 0 aliphatic carbocycles. The number of carbonyl (C=O) groups is 2. The number of carbonyl (C=O) groups excluding carboxylic acids is 2. The molecule has 4 unspecified atom stereocenters. The molecule has 0 saturated carbocycles. The molecule has 2 aliphatic heterocycles. The van der Waals surface area contributed by atoms with E-state index in [4.69, 9.17) is 9.47 Å². The number of unbranched alkanes of at least 4 members (excludes halogenated alkanes) is 7. The molecule has 256 valence electrons. The number of ether oxygens (including phenoxy) is 2. The van der Waals surface area contributed by atoms with Crippen molar-refractivity contribution in [1.29, 1.82) is 0 Å². The number of piperidine rings is 2. The van der Waals surface area contributed by atoms with Gasteiger partial charge in [-0.05, 0) is 102 Å². The van der Waals surface area contributed by atoms with Crippen LogP contribution in [0.2, 0.25) is 0 Å². The summed E-state index contributed by atoms with van der Waals surface area (Å²) in [6.07, 6.45) is 14.1. The lowest BCUT2D eigenvalue weighted by molar-refractivity contribution is -0.163. The predicted molar refractivity (Wildman–Crippen MR) is 189 cm³/mol. The molecule has 1 aromatic carbocycles. The second-order valence-electron chi connectivity index (χ2n) is 15.7. The Balaban J connectivity index is 1.46. The van der Waals surface area contributed by atoms with E-state index in [1.807, 2.05) is 24.3 Å². The van der Waals surface area contributed by atoms with E-state index in [1.54, 1.807) is 0 Å². The van der Waals surface area contributed by atoms with Gasteiger partial charge in [0, 0.05) is 35.7 Å². The number of alkyl halides is 1. The van der Waals surface area contributed by atoms with Gasteiger partial charge >= 0.3 is 11.9 Å². The van der Waals surface area contributed by atoms with Crippen molar-refractivity contribution >= 4 is 27.9 Å². The van der Waals surface area contributed by atoms with Crippen LogP contribution < -0.4 is 10.6 Å². The first-order chi connectivity index (χ1) is 21.2. The highest BCUT2D eigenvalue weighted by Crippen LogP contribution is 2.37. The van der Waals surface area contributed by atoms with Crippen molar-refractivity contribution in [3.05, 3.63) is 35.4 Å². The fourth-order valence-corrected chi connectivity index (χ4v) is 7.51. The van der Waals surface area contributed by atoms with Crippen molar-refractivity contribution in [2.75, 3.05) is 18.4 Å². The summed E-state index contributed by atoms with van der Waals surface area (Å²) in [5.74, 6) is 0.246. The van der Waals surface area contributed by atoms with Gasteiger partial charge in [-0.25, -0.2) is 4.79 Å². The monoisotopic (exact) mass is 690 g/mol. The highest BCUT2D eigenvalue weighted by Gasteiger charge is 2.43. The molecule has 7 heteroatoms. The summed E-state index contributed by atoms with van der Waals surface area (Å²) >= 11 is 3.50. The Morgan fingerprint density at radius 2 is 1.18 bits per heavy atom. The van der Waals surface area contributed by atoms with Crippen LogP contribution in [0.15, 0.2) is 24.3 Å². The summed E-state index contributed by atoms with van der Waals surface area (Å²) in [5, 5.41) is 8.62. The molecule has 0 radical (unpaired) electrons. The number of nitrogens with one attached hydrogen (secondary N) is 2. The van der Waals surface area contributed by atoms with Gasteiger partial charge in [0.1, 0.15) is 11.2 Å².